The van der Waals surface area contributed by atoms with E-state index in [-0.39, 0.29) is 25.7 Å². The predicted molar refractivity (Wildman–Crippen MR) is 409 cm³/mol. The molecule has 19 heteroatoms. The van der Waals surface area contributed by atoms with Crippen molar-refractivity contribution in [1.29, 1.82) is 0 Å². The van der Waals surface area contributed by atoms with Crippen LogP contribution in [0.15, 0.2) is 85.1 Å². The van der Waals surface area contributed by atoms with Gasteiger partial charge in [-0.15, -0.1) is 0 Å². The molecule has 0 amide bonds. The van der Waals surface area contributed by atoms with Crippen molar-refractivity contribution in [3.8, 4) is 0 Å². The molecule has 17 nitrogen and oxygen atoms in total. The summed E-state index contributed by atoms with van der Waals surface area (Å²) < 4.78 is 68.6. The van der Waals surface area contributed by atoms with Crippen molar-refractivity contribution in [3.05, 3.63) is 85.1 Å². The zero-order valence-corrected chi connectivity index (χ0v) is 65.2. The molecule has 0 fully saturated rings. The van der Waals surface area contributed by atoms with Crippen LogP contribution in [0, 0.1) is 0 Å². The first-order valence-corrected chi connectivity index (χ1v) is 42.9. The molecule has 580 valence electrons. The van der Waals surface area contributed by atoms with Gasteiger partial charge >= 0.3 is 39.5 Å². The Morgan fingerprint density at radius 1 is 0.290 bits per heavy atom. The molecule has 0 aliphatic heterocycles. The summed E-state index contributed by atoms with van der Waals surface area (Å²) in [7, 11) is -9.96. The number of phosphoric ester groups is 2. The minimum Gasteiger partial charge on any atom is -0.462 e. The molecular weight excluding hydrogens is 1310 g/mol. The van der Waals surface area contributed by atoms with Crippen LogP contribution in [-0.4, -0.2) is 96.7 Å². The number of esters is 4. The molecule has 0 bridgehead atoms. The van der Waals surface area contributed by atoms with Gasteiger partial charge in [-0.2, -0.15) is 0 Å². The third-order valence-electron chi connectivity index (χ3n) is 16.9. The number of hydrogen-bond acceptors (Lipinski definition) is 15. The van der Waals surface area contributed by atoms with Gasteiger partial charge in [0.15, 0.2) is 12.2 Å². The summed E-state index contributed by atoms with van der Waals surface area (Å²) in [6, 6.07) is 0. The molecule has 0 aromatic heterocycles. The van der Waals surface area contributed by atoms with E-state index in [0.29, 0.717) is 25.7 Å². The second-order valence-corrected chi connectivity index (χ2v) is 29.6. The summed E-state index contributed by atoms with van der Waals surface area (Å²) in [6.45, 7) is 4.79. The molecule has 0 aromatic rings. The Hall–Kier alpha value is -3.76. The minimum atomic E-state index is -4.98. The van der Waals surface area contributed by atoms with Crippen molar-refractivity contribution in [2.24, 2.45) is 0 Å². The highest BCUT2D eigenvalue weighted by Gasteiger charge is 2.30. The lowest BCUT2D eigenvalue weighted by atomic mass is 10.1. The van der Waals surface area contributed by atoms with Gasteiger partial charge in [0.25, 0.3) is 0 Å². The Balaban J connectivity index is 5.39. The largest absolute Gasteiger partial charge is 0.472 e. The van der Waals surface area contributed by atoms with E-state index in [1.54, 1.807) is 0 Å². The van der Waals surface area contributed by atoms with Crippen LogP contribution in [0.2, 0.25) is 0 Å². The smallest absolute Gasteiger partial charge is 0.462 e. The molecule has 0 spiro atoms. The number of rotatable bonds is 75. The van der Waals surface area contributed by atoms with Crippen molar-refractivity contribution in [1.82, 2.24) is 0 Å². The molecule has 0 radical (unpaired) electrons. The van der Waals surface area contributed by atoms with Gasteiger partial charge in [0.05, 0.1) is 26.4 Å². The lowest BCUT2D eigenvalue weighted by Crippen LogP contribution is -2.30. The second-order valence-electron chi connectivity index (χ2n) is 26.7. The van der Waals surface area contributed by atoms with E-state index < -0.39 is 97.5 Å². The topological polar surface area (TPSA) is 237 Å². The van der Waals surface area contributed by atoms with Crippen LogP contribution < -0.4 is 0 Å². The number of allylic oxidation sites excluding steroid dienone is 14. The highest BCUT2D eigenvalue weighted by atomic mass is 31.2. The molecule has 0 saturated carbocycles. The first-order chi connectivity index (χ1) is 48.7. The van der Waals surface area contributed by atoms with Crippen LogP contribution in [0.5, 0.6) is 0 Å². The molecule has 100 heavy (non-hydrogen) atoms. The standard InChI is InChI=1S/C81H144O17P2/c1-5-9-13-17-21-25-29-33-37-41-45-49-53-57-61-65-78(83)91-71-76(97-80(85)67-63-59-55-51-47-43-39-35-31-27-23-19-15-11-7-3)73-95-99(87,88)93-69-75(82)70-94-100(89,90)96-74-77(98-81(86)68-64-60-56-52-48-44-40-36-32-28-24-20-16-12-8-4)72-92-79(84)66-62-58-54-50-46-42-38-34-30-26-22-18-14-10-6-2/h23,25-27,29-30,33-40,75-77,82H,5-22,24,28,31-32,41-74H2,1-4H3,(H,87,88)(H,89,90)/b27-23-,29-25-,30-26-,37-33-,38-34-,39-35-,40-36-/t75-,76+,77+/m0/s1. The molecule has 0 aliphatic rings. The first kappa shape index (κ1) is 96.2. The minimum absolute atomic E-state index is 0.0764. The lowest BCUT2D eigenvalue weighted by Gasteiger charge is -2.21. The average molecular weight is 1450 g/mol. The van der Waals surface area contributed by atoms with Crippen LogP contribution in [0.25, 0.3) is 0 Å². The Kier molecular flexibility index (Phi) is 70.8. The summed E-state index contributed by atoms with van der Waals surface area (Å²) in [5.41, 5.74) is 0. The van der Waals surface area contributed by atoms with Crippen molar-refractivity contribution in [3.63, 3.8) is 0 Å². The van der Waals surface area contributed by atoms with E-state index in [4.69, 9.17) is 37.0 Å². The van der Waals surface area contributed by atoms with Gasteiger partial charge in [-0.3, -0.25) is 37.3 Å². The second kappa shape index (κ2) is 73.5. The van der Waals surface area contributed by atoms with E-state index in [2.05, 4.69) is 113 Å². The third kappa shape index (κ3) is 72.6. The summed E-state index contributed by atoms with van der Waals surface area (Å²) >= 11 is 0. The molecule has 0 heterocycles. The van der Waals surface area contributed by atoms with E-state index in [1.807, 2.05) is 0 Å². The molecule has 0 saturated heterocycles. The number of unbranched alkanes of at least 4 members (excludes halogenated alkanes) is 37. The lowest BCUT2D eigenvalue weighted by molar-refractivity contribution is -0.161. The number of ether oxygens (including phenoxy) is 4. The third-order valence-corrected chi connectivity index (χ3v) is 18.8. The zero-order chi connectivity index (χ0) is 73.2. The van der Waals surface area contributed by atoms with Gasteiger partial charge in [-0.05, 0) is 135 Å². The highest BCUT2D eigenvalue weighted by molar-refractivity contribution is 7.47. The molecule has 0 rings (SSSR count). The van der Waals surface area contributed by atoms with Crippen molar-refractivity contribution < 1.29 is 80.2 Å². The Labute approximate surface area is 608 Å². The Bertz CT molecular complexity index is 2230. The number of carbonyl (C=O) groups excluding carboxylic acids is 4. The van der Waals surface area contributed by atoms with E-state index in [1.165, 1.54) is 109 Å². The van der Waals surface area contributed by atoms with Gasteiger partial charge in [-0.1, -0.05) is 273 Å². The summed E-state index contributed by atoms with van der Waals surface area (Å²) in [5, 5.41) is 10.6. The highest BCUT2D eigenvalue weighted by Crippen LogP contribution is 2.45. The Morgan fingerprint density at radius 3 is 0.840 bits per heavy atom. The molecule has 3 N–H and O–H groups in total. The SMILES string of the molecule is CCCCC/C=C\C/C=C\CCCCCCCC(=O)O[C@H](COC(=O)CCCCCCC/C=C\C=C/CCCCCC)COP(=O)(O)OC[C@H](O)COP(=O)(O)OC[C@@H](COC(=O)CCCCCCC/C=C\C=C/CCCCCC)OC(=O)CCCCCCC/C=C\CCCCCCCC. The fraction of sp³-hybridized carbons (Fsp3) is 0.778. The van der Waals surface area contributed by atoms with Gasteiger partial charge in [-0.25, -0.2) is 9.13 Å². The number of phosphoric acid groups is 2. The maximum atomic E-state index is 13.1. The zero-order valence-electron chi connectivity index (χ0n) is 63.4. The van der Waals surface area contributed by atoms with Gasteiger partial charge in [0.2, 0.25) is 0 Å². The first-order valence-electron chi connectivity index (χ1n) is 39.9. The van der Waals surface area contributed by atoms with Crippen LogP contribution in [-0.2, 0) is 65.4 Å². The fourth-order valence-corrected chi connectivity index (χ4v) is 12.3. The van der Waals surface area contributed by atoms with Crippen LogP contribution in [0.4, 0.5) is 0 Å². The number of carbonyl (C=O) groups is 4. The van der Waals surface area contributed by atoms with Gasteiger partial charge < -0.3 is 33.8 Å². The van der Waals surface area contributed by atoms with Gasteiger partial charge in [0.1, 0.15) is 19.3 Å². The fourth-order valence-electron chi connectivity index (χ4n) is 10.7. The molecule has 0 aromatic carbocycles. The van der Waals surface area contributed by atoms with Crippen molar-refractivity contribution in [2.45, 2.75) is 367 Å². The number of aliphatic hydroxyl groups is 1. The predicted octanol–water partition coefficient (Wildman–Crippen LogP) is 23.0. The number of hydrogen-bond donors (Lipinski definition) is 3. The van der Waals surface area contributed by atoms with Crippen LogP contribution in [0.3, 0.4) is 0 Å². The summed E-state index contributed by atoms with van der Waals surface area (Å²) in [5.74, 6) is -2.21. The van der Waals surface area contributed by atoms with Crippen LogP contribution >= 0.6 is 15.6 Å². The number of aliphatic hydroxyl groups excluding tert-OH is 1. The van der Waals surface area contributed by atoms with Crippen molar-refractivity contribution >= 4 is 39.5 Å². The quantitative estimate of drug-likeness (QED) is 0.0128. The van der Waals surface area contributed by atoms with E-state index >= 15 is 0 Å². The summed E-state index contributed by atoms with van der Waals surface area (Å²) in [6.07, 6.45) is 75.5. The maximum absolute atomic E-state index is 13.1. The monoisotopic (exact) mass is 1450 g/mol. The van der Waals surface area contributed by atoms with E-state index in [0.717, 1.165) is 161 Å². The van der Waals surface area contributed by atoms with E-state index in [9.17, 15) is 43.2 Å². The molecular formula is C81H144O17P2. The average Bonchev–Trinajstić information content (AvgIpc) is 1.25. The Morgan fingerprint density at radius 2 is 0.520 bits per heavy atom. The van der Waals surface area contributed by atoms with Crippen LogP contribution in [0.1, 0.15) is 349 Å². The maximum Gasteiger partial charge on any atom is 0.472 e. The normalized spacial score (nSPS) is 14.3. The molecule has 0 aliphatic carbocycles. The van der Waals surface area contributed by atoms with Gasteiger partial charge in [0, 0.05) is 25.7 Å². The summed E-state index contributed by atoms with van der Waals surface area (Å²) in [4.78, 5) is 73.0. The van der Waals surface area contributed by atoms with Crippen molar-refractivity contribution in [2.75, 3.05) is 39.6 Å². The molecule has 5 atom stereocenters. The molecule has 2 unspecified atom stereocenters.